The first-order chi connectivity index (χ1) is 10.6. The maximum Gasteiger partial charge on any atom is 0.183 e. The number of carbonyl (C=O) groups excluding carboxylic acids is 1. The van der Waals surface area contributed by atoms with Gasteiger partial charge in [0, 0.05) is 6.54 Å². The van der Waals surface area contributed by atoms with Crippen LogP contribution in [0.15, 0.2) is 24.3 Å². The van der Waals surface area contributed by atoms with Gasteiger partial charge in [0.1, 0.15) is 5.75 Å². The lowest BCUT2D eigenvalue weighted by Crippen LogP contribution is -2.21. The quantitative estimate of drug-likeness (QED) is 0.757. The molecule has 1 heterocycles. The van der Waals surface area contributed by atoms with E-state index in [1.807, 2.05) is 24.3 Å². The maximum absolute atomic E-state index is 10.9. The molecule has 118 valence electrons. The molecule has 22 heavy (non-hydrogen) atoms. The summed E-state index contributed by atoms with van der Waals surface area (Å²) in [7, 11) is 0. The summed E-state index contributed by atoms with van der Waals surface area (Å²) in [6.07, 6.45) is 2.16. The second kappa shape index (κ2) is 7.79. The van der Waals surface area contributed by atoms with E-state index < -0.39 is 5.97 Å². The topological polar surface area (TPSA) is 74.3 Å². The summed E-state index contributed by atoms with van der Waals surface area (Å²) in [5, 5.41) is 14.6. The second-order valence-corrected chi connectivity index (χ2v) is 5.92. The predicted octanol–water partition coefficient (Wildman–Crippen LogP) is 2.61. The van der Waals surface area contributed by atoms with E-state index in [2.05, 4.69) is 17.2 Å². The van der Waals surface area contributed by atoms with E-state index in [4.69, 9.17) is 4.74 Å². The van der Waals surface area contributed by atoms with E-state index in [-0.39, 0.29) is 4.88 Å². The number of rotatable bonds is 8. The van der Waals surface area contributed by atoms with Crippen LogP contribution in [-0.4, -0.2) is 17.6 Å². The van der Waals surface area contributed by atoms with Crippen molar-refractivity contribution in [2.45, 2.75) is 33.2 Å². The van der Waals surface area contributed by atoms with E-state index in [1.54, 1.807) is 6.92 Å². The number of ether oxygens (including phenoxy) is 1. The monoisotopic (exact) mass is 319 g/mol. The smallest absolute Gasteiger partial charge is 0.183 e. The van der Waals surface area contributed by atoms with Gasteiger partial charge in [0.2, 0.25) is 0 Å². The van der Waals surface area contributed by atoms with E-state index in [9.17, 15) is 9.90 Å². The molecule has 0 aliphatic rings. The summed E-state index contributed by atoms with van der Waals surface area (Å²) in [5.74, 6) is -0.321. The molecule has 6 heteroatoms. The lowest BCUT2D eigenvalue weighted by Gasteiger charge is -2.07. The predicted molar refractivity (Wildman–Crippen MR) is 85.4 cm³/mol. The summed E-state index contributed by atoms with van der Waals surface area (Å²) in [4.78, 5) is 15.2. The lowest BCUT2D eigenvalue weighted by molar-refractivity contribution is -0.254. The number of unbranched alkanes of at least 4 members (excludes halogenated alkanes) is 1. The highest BCUT2D eigenvalue weighted by Crippen LogP contribution is 2.22. The van der Waals surface area contributed by atoms with E-state index in [0.717, 1.165) is 42.1 Å². The van der Waals surface area contributed by atoms with Gasteiger partial charge in [-0.15, -0.1) is 0 Å². The van der Waals surface area contributed by atoms with Gasteiger partial charge in [-0.1, -0.05) is 36.8 Å². The van der Waals surface area contributed by atoms with Crippen molar-refractivity contribution in [3.63, 3.8) is 0 Å². The molecule has 2 rings (SSSR count). The number of carboxylic acid groups (broad SMARTS) is 1. The Hall–Kier alpha value is -2.08. The number of nitrogens with zero attached hydrogens (tertiary/aromatic N) is 1. The van der Waals surface area contributed by atoms with Crippen molar-refractivity contribution in [1.29, 1.82) is 0 Å². The molecule has 0 atom stereocenters. The normalized spacial score (nSPS) is 10.5. The standard InChI is InChI=1S/C16H20N2O3S/c1-3-4-9-21-13-7-5-12(6-8-13)10-17-16-18-11(2)14(22-16)15(19)20/h5-8H,3-4,9-10H2,1-2H3,(H,17,18)(H,19,20)/p-1. The number of anilines is 1. The zero-order valence-corrected chi connectivity index (χ0v) is 13.5. The summed E-state index contributed by atoms with van der Waals surface area (Å²) in [6, 6.07) is 7.83. The van der Waals surface area contributed by atoms with Gasteiger partial charge in [0.25, 0.3) is 0 Å². The van der Waals surface area contributed by atoms with Crippen molar-refractivity contribution >= 4 is 22.4 Å². The molecule has 5 nitrogen and oxygen atoms in total. The van der Waals surface area contributed by atoms with Crippen molar-refractivity contribution in [1.82, 2.24) is 4.98 Å². The van der Waals surface area contributed by atoms with Gasteiger partial charge in [-0.25, -0.2) is 4.98 Å². The molecule has 1 aromatic carbocycles. The number of benzene rings is 1. The molecule has 0 aliphatic carbocycles. The first kappa shape index (κ1) is 16.3. The van der Waals surface area contributed by atoms with Gasteiger partial charge < -0.3 is 20.0 Å². The van der Waals surface area contributed by atoms with Crippen LogP contribution in [0, 0.1) is 6.92 Å². The Morgan fingerprint density at radius 3 is 2.68 bits per heavy atom. The summed E-state index contributed by atoms with van der Waals surface area (Å²) < 4.78 is 5.61. The highest BCUT2D eigenvalue weighted by atomic mass is 32.1. The molecule has 0 aliphatic heterocycles. The number of aromatic nitrogens is 1. The summed E-state index contributed by atoms with van der Waals surface area (Å²) in [5.41, 5.74) is 1.55. The van der Waals surface area contributed by atoms with Crippen molar-refractivity contribution in [3.8, 4) is 5.75 Å². The first-order valence-corrected chi connectivity index (χ1v) is 8.06. The van der Waals surface area contributed by atoms with Gasteiger partial charge in [-0.2, -0.15) is 0 Å². The molecule has 0 saturated carbocycles. The fraction of sp³-hybridized carbons (Fsp3) is 0.375. The number of aromatic carboxylic acids is 1. The third kappa shape index (κ3) is 4.46. The largest absolute Gasteiger partial charge is 0.544 e. The van der Waals surface area contributed by atoms with E-state index in [0.29, 0.717) is 17.4 Å². The van der Waals surface area contributed by atoms with Crippen LogP contribution < -0.4 is 15.2 Å². The molecule has 0 saturated heterocycles. The molecule has 0 fully saturated rings. The highest BCUT2D eigenvalue weighted by Gasteiger charge is 2.08. The van der Waals surface area contributed by atoms with Crippen molar-refractivity contribution in [2.24, 2.45) is 0 Å². The Morgan fingerprint density at radius 1 is 1.36 bits per heavy atom. The molecular formula is C16H19N2O3S-. The molecule has 2 aromatic rings. The lowest BCUT2D eigenvalue weighted by atomic mass is 10.2. The zero-order valence-electron chi connectivity index (χ0n) is 12.7. The summed E-state index contributed by atoms with van der Waals surface area (Å²) in [6.45, 7) is 5.10. The number of carboxylic acids is 1. The minimum absolute atomic E-state index is 0.169. The van der Waals surface area contributed by atoms with Gasteiger partial charge in [-0.3, -0.25) is 0 Å². The molecule has 0 spiro atoms. The van der Waals surface area contributed by atoms with Crippen LogP contribution in [0.4, 0.5) is 5.13 Å². The van der Waals surface area contributed by atoms with Crippen molar-refractivity contribution in [2.75, 3.05) is 11.9 Å². The van der Waals surface area contributed by atoms with Gasteiger partial charge in [0.15, 0.2) is 5.13 Å². The number of hydrogen-bond acceptors (Lipinski definition) is 6. The van der Waals surface area contributed by atoms with Crippen LogP contribution in [0.1, 0.15) is 40.7 Å². The Kier molecular flexibility index (Phi) is 5.77. The average Bonchev–Trinajstić information content (AvgIpc) is 2.88. The van der Waals surface area contributed by atoms with Crippen LogP contribution in [0.2, 0.25) is 0 Å². The number of thiazole rings is 1. The van der Waals surface area contributed by atoms with Gasteiger partial charge in [0.05, 0.1) is 23.1 Å². The van der Waals surface area contributed by atoms with Crippen molar-refractivity contribution < 1.29 is 14.6 Å². The first-order valence-electron chi connectivity index (χ1n) is 7.24. The van der Waals surface area contributed by atoms with Crippen LogP contribution in [0.5, 0.6) is 5.75 Å². The molecule has 0 bridgehead atoms. The second-order valence-electron chi connectivity index (χ2n) is 4.92. The Morgan fingerprint density at radius 2 is 2.09 bits per heavy atom. The highest BCUT2D eigenvalue weighted by molar-refractivity contribution is 7.17. The van der Waals surface area contributed by atoms with Crippen LogP contribution >= 0.6 is 11.3 Å². The number of carbonyl (C=O) groups is 1. The van der Waals surface area contributed by atoms with Gasteiger partial charge in [-0.05, 0) is 31.0 Å². The van der Waals surface area contributed by atoms with Crippen molar-refractivity contribution in [3.05, 3.63) is 40.4 Å². The third-order valence-electron chi connectivity index (χ3n) is 3.12. The fourth-order valence-corrected chi connectivity index (χ4v) is 2.67. The van der Waals surface area contributed by atoms with Gasteiger partial charge >= 0.3 is 0 Å². The van der Waals surface area contributed by atoms with Crippen LogP contribution in [-0.2, 0) is 6.54 Å². The Labute approximate surface area is 134 Å². The average molecular weight is 319 g/mol. The molecule has 0 unspecified atom stereocenters. The third-order valence-corrected chi connectivity index (χ3v) is 4.21. The zero-order chi connectivity index (χ0) is 15.9. The molecule has 1 aromatic heterocycles. The molecular weight excluding hydrogens is 300 g/mol. The maximum atomic E-state index is 10.9. The number of hydrogen-bond donors (Lipinski definition) is 1. The SMILES string of the molecule is CCCCOc1ccc(CNc2nc(C)c(C(=O)[O-])s2)cc1. The van der Waals surface area contributed by atoms with Crippen LogP contribution in [0.3, 0.4) is 0 Å². The molecule has 0 amide bonds. The number of nitrogens with one attached hydrogen (secondary N) is 1. The Bertz CT molecular complexity index is 623. The molecule has 0 radical (unpaired) electrons. The number of aryl methyl sites for hydroxylation is 1. The van der Waals surface area contributed by atoms with E-state index in [1.165, 1.54) is 0 Å². The minimum Gasteiger partial charge on any atom is -0.544 e. The van der Waals surface area contributed by atoms with E-state index >= 15 is 0 Å². The molecule has 1 N–H and O–H groups in total. The minimum atomic E-state index is -1.18. The fourth-order valence-electron chi connectivity index (χ4n) is 1.88. The Balaban J connectivity index is 1.89. The summed E-state index contributed by atoms with van der Waals surface area (Å²) >= 11 is 1.09. The van der Waals surface area contributed by atoms with Crippen LogP contribution in [0.25, 0.3) is 0 Å².